The smallest absolute Gasteiger partial charge is 0.230 e. The number of amides is 1. The van der Waals surface area contributed by atoms with Crippen LogP contribution in [0.15, 0.2) is 47.4 Å². The fourth-order valence-corrected chi connectivity index (χ4v) is 8.97. The molecule has 1 aromatic heterocycles. The molecular formula is C33H41N3O3S2. The van der Waals surface area contributed by atoms with Gasteiger partial charge in [-0.25, -0.2) is 13.4 Å². The first-order chi connectivity index (χ1) is 19.7. The van der Waals surface area contributed by atoms with Crippen molar-refractivity contribution in [3.8, 4) is 0 Å². The van der Waals surface area contributed by atoms with Crippen molar-refractivity contribution in [3.05, 3.63) is 75.3 Å². The lowest BCUT2D eigenvalue weighted by Gasteiger charge is -2.27. The SMILES string of the molecule is CCS(=O)(=O)c1ccc(CC(=O)Nc2nc3c(s2)CN(Cc2cccc(C4CC4)c2)[C@@H]3C(C)C)cc1C1CCCC1. The Morgan fingerprint density at radius 1 is 1.05 bits per heavy atom. The summed E-state index contributed by atoms with van der Waals surface area (Å²) < 4.78 is 25.6. The molecule has 3 aromatic rings. The first-order valence-electron chi connectivity index (χ1n) is 15.2. The van der Waals surface area contributed by atoms with E-state index in [1.807, 2.05) is 6.07 Å². The van der Waals surface area contributed by atoms with Gasteiger partial charge in [0.25, 0.3) is 0 Å². The zero-order valence-corrected chi connectivity index (χ0v) is 26.0. The highest BCUT2D eigenvalue weighted by atomic mass is 32.2. The second-order valence-electron chi connectivity index (χ2n) is 12.4. The van der Waals surface area contributed by atoms with E-state index in [9.17, 15) is 13.2 Å². The standard InChI is InChI=1S/C33H41N3O3S2/c1-4-41(38,39)29-15-12-22(17-27(29)25-9-5-6-10-25)18-30(37)34-33-35-31-28(40-33)20-36(32(31)21(2)3)19-23-8-7-11-26(16-23)24-13-14-24/h7-8,11-12,15-17,21,24-25,32H,4-6,9-10,13-14,18-20H2,1-3H3,(H,34,35,37)/t32-/m1/s1. The summed E-state index contributed by atoms with van der Waals surface area (Å²) >= 11 is 1.58. The van der Waals surface area contributed by atoms with E-state index in [2.05, 4.69) is 48.3 Å². The fourth-order valence-electron chi connectivity index (χ4n) is 6.76. The molecule has 2 heterocycles. The molecule has 0 saturated heterocycles. The van der Waals surface area contributed by atoms with Crippen LogP contribution >= 0.6 is 11.3 Å². The van der Waals surface area contributed by atoms with Crippen molar-refractivity contribution in [2.45, 2.75) is 102 Å². The lowest BCUT2D eigenvalue weighted by Crippen LogP contribution is -2.26. The van der Waals surface area contributed by atoms with Gasteiger partial charge in [0.1, 0.15) is 0 Å². The van der Waals surface area contributed by atoms with Crippen LogP contribution in [0.1, 0.15) is 110 Å². The summed E-state index contributed by atoms with van der Waals surface area (Å²) in [5.74, 6) is 1.38. The van der Waals surface area contributed by atoms with Crippen LogP contribution in [0.4, 0.5) is 5.13 Å². The van der Waals surface area contributed by atoms with Crippen LogP contribution in [0.25, 0.3) is 0 Å². The van der Waals surface area contributed by atoms with E-state index in [1.165, 1.54) is 28.8 Å². The number of fused-ring (bicyclic) bond motifs is 1. The Morgan fingerprint density at radius 2 is 1.83 bits per heavy atom. The van der Waals surface area contributed by atoms with Crippen LogP contribution in [0.5, 0.6) is 0 Å². The Bertz CT molecular complexity index is 1530. The Kier molecular flexibility index (Phi) is 8.09. The molecule has 2 saturated carbocycles. The second-order valence-corrected chi connectivity index (χ2v) is 15.8. The predicted octanol–water partition coefficient (Wildman–Crippen LogP) is 7.37. The number of sulfone groups is 1. The molecule has 0 bridgehead atoms. The normalized spacial score (nSPS) is 19.7. The third-order valence-electron chi connectivity index (χ3n) is 8.96. The molecule has 3 aliphatic rings. The lowest BCUT2D eigenvalue weighted by molar-refractivity contribution is -0.115. The van der Waals surface area contributed by atoms with Crippen molar-refractivity contribution in [2.24, 2.45) is 5.92 Å². The molecule has 1 aliphatic heterocycles. The van der Waals surface area contributed by atoms with Gasteiger partial charge >= 0.3 is 0 Å². The molecule has 41 heavy (non-hydrogen) atoms. The van der Waals surface area contributed by atoms with Gasteiger partial charge < -0.3 is 5.32 Å². The van der Waals surface area contributed by atoms with Gasteiger partial charge in [-0.15, -0.1) is 11.3 Å². The molecule has 1 amide bonds. The first kappa shape index (κ1) is 28.6. The zero-order chi connectivity index (χ0) is 28.7. The maximum absolute atomic E-state index is 13.1. The van der Waals surface area contributed by atoms with E-state index < -0.39 is 9.84 Å². The number of aromatic nitrogens is 1. The quantitative estimate of drug-likeness (QED) is 0.266. The van der Waals surface area contributed by atoms with Crippen LogP contribution < -0.4 is 5.32 Å². The molecule has 1 N–H and O–H groups in total. The maximum Gasteiger partial charge on any atom is 0.230 e. The lowest BCUT2D eigenvalue weighted by atomic mass is 9.95. The highest BCUT2D eigenvalue weighted by molar-refractivity contribution is 7.91. The van der Waals surface area contributed by atoms with Gasteiger partial charge in [0.15, 0.2) is 15.0 Å². The Morgan fingerprint density at radius 3 is 2.54 bits per heavy atom. The number of rotatable bonds is 10. The van der Waals surface area contributed by atoms with Crippen LogP contribution in [0.2, 0.25) is 0 Å². The molecule has 218 valence electrons. The maximum atomic E-state index is 13.1. The number of nitrogens with one attached hydrogen (secondary N) is 1. The minimum absolute atomic E-state index is 0.0862. The summed E-state index contributed by atoms with van der Waals surface area (Å²) in [5, 5.41) is 3.70. The molecular weight excluding hydrogens is 551 g/mol. The van der Waals surface area contributed by atoms with Gasteiger partial charge in [0, 0.05) is 18.0 Å². The van der Waals surface area contributed by atoms with Crippen molar-refractivity contribution in [3.63, 3.8) is 0 Å². The molecule has 6 nitrogen and oxygen atoms in total. The summed E-state index contributed by atoms with van der Waals surface area (Å²) in [6.45, 7) is 7.93. The fraction of sp³-hybridized carbons (Fsp3) is 0.515. The van der Waals surface area contributed by atoms with Crippen LogP contribution in [0, 0.1) is 5.92 Å². The molecule has 6 rings (SSSR count). The highest BCUT2D eigenvalue weighted by Crippen LogP contribution is 2.44. The number of benzene rings is 2. The summed E-state index contributed by atoms with van der Waals surface area (Å²) in [6, 6.07) is 14.8. The van der Waals surface area contributed by atoms with Gasteiger partial charge in [-0.3, -0.25) is 9.69 Å². The van der Waals surface area contributed by atoms with Gasteiger partial charge in [-0.2, -0.15) is 0 Å². The van der Waals surface area contributed by atoms with E-state index in [4.69, 9.17) is 4.98 Å². The molecule has 8 heteroatoms. The topological polar surface area (TPSA) is 79.4 Å². The van der Waals surface area contributed by atoms with Gasteiger partial charge in [0.2, 0.25) is 5.91 Å². The molecule has 1 atom stereocenters. The number of hydrogen-bond donors (Lipinski definition) is 1. The highest BCUT2D eigenvalue weighted by Gasteiger charge is 2.36. The number of carbonyl (C=O) groups excluding carboxylic acids is 1. The van der Waals surface area contributed by atoms with E-state index in [0.717, 1.165) is 61.5 Å². The third kappa shape index (κ3) is 6.15. The average Bonchev–Trinajstić information content (AvgIpc) is 3.35. The average molecular weight is 592 g/mol. The minimum Gasteiger partial charge on any atom is -0.302 e. The Hall–Kier alpha value is -2.55. The third-order valence-corrected chi connectivity index (χ3v) is 11.7. The van der Waals surface area contributed by atoms with Crippen molar-refractivity contribution in [1.82, 2.24) is 9.88 Å². The van der Waals surface area contributed by atoms with E-state index in [-0.39, 0.29) is 30.0 Å². The molecule has 0 unspecified atom stereocenters. The number of carbonyl (C=O) groups is 1. The summed E-state index contributed by atoms with van der Waals surface area (Å²) in [4.78, 5) is 22.2. The summed E-state index contributed by atoms with van der Waals surface area (Å²) in [5.41, 5.74) is 5.67. The predicted molar refractivity (Wildman–Crippen MR) is 165 cm³/mol. The van der Waals surface area contributed by atoms with Gasteiger partial charge in [0.05, 0.1) is 28.8 Å². The van der Waals surface area contributed by atoms with E-state index in [1.54, 1.807) is 30.4 Å². The summed E-state index contributed by atoms with van der Waals surface area (Å²) in [7, 11) is -3.31. The van der Waals surface area contributed by atoms with Crippen molar-refractivity contribution >= 4 is 32.2 Å². The number of hydrogen-bond acceptors (Lipinski definition) is 6. The monoisotopic (exact) mass is 591 g/mol. The summed E-state index contributed by atoms with van der Waals surface area (Å²) in [6.07, 6.45) is 7.08. The van der Waals surface area contributed by atoms with E-state index in [0.29, 0.717) is 15.9 Å². The van der Waals surface area contributed by atoms with Crippen molar-refractivity contribution in [2.75, 3.05) is 11.1 Å². The Labute approximate surface area is 248 Å². The van der Waals surface area contributed by atoms with Crippen LogP contribution in [-0.2, 0) is 34.1 Å². The van der Waals surface area contributed by atoms with Crippen LogP contribution in [0.3, 0.4) is 0 Å². The number of anilines is 1. The second kappa shape index (κ2) is 11.6. The van der Waals surface area contributed by atoms with Gasteiger partial charge in [-0.1, -0.05) is 70.0 Å². The molecule has 2 aromatic carbocycles. The zero-order valence-electron chi connectivity index (χ0n) is 24.4. The molecule has 2 fully saturated rings. The molecule has 0 radical (unpaired) electrons. The first-order valence-corrected chi connectivity index (χ1v) is 17.7. The van der Waals surface area contributed by atoms with Crippen molar-refractivity contribution in [1.29, 1.82) is 0 Å². The van der Waals surface area contributed by atoms with Gasteiger partial charge in [-0.05, 0) is 71.8 Å². The van der Waals surface area contributed by atoms with Crippen LogP contribution in [-0.4, -0.2) is 30.0 Å². The Balaban J connectivity index is 1.14. The number of thiazole rings is 1. The molecule has 2 aliphatic carbocycles. The minimum atomic E-state index is -3.31. The van der Waals surface area contributed by atoms with E-state index >= 15 is 0 Å². The van der Waals surface area contributed by atoms with Crippen molar-refractivity contribution < 1.29 is 13.2 Å². The molecule has 0 spiro atoms. The number of nitrogens with zero attached hydrogens (tertiary/aromatic N) is 2. The largest absolute Gasteiger partial charge is 0.302 e.